The zero-order chi connectivity index (χ0) is 40.7. The van der Waals surface area contributed by atoms with Gasteiger partial charge in [0.2, 0.25) is 0 Å². The van der Waals surface area contributed by atoms with Gasteiger partial charge in [-0.1, -0.05) is 158 Å². The number of benzene rings is 10. The van der Waals surface area contributed by atoms with E-state index >= 15 is 0 Å². The molecule has 0 atom stereocenters. The van der Waals surface area contributed by atoms with Crippen LogP contribution < -0.4 is 4.90 Å². The van der Waals surface area contributed by atoms with E-state index in [-0.39, 0.29) is 0 Å². The number of rotatable bonds is 6. The number of nitrogens with zero attached hydrogens (tertiary/aromatic N) is 1. The maximum Gasteiger partial charge on any atom is 0.143 e. The van der Waals surface area contributed by atoms with E-state index in [0.29, 0.717) is 0 Å². The quantitative estimate of drug-likeness (QED) is 0.168. The zero-order valence-electron chi connectivity index (χ0n) is 33.4. The predicted octanol–water partition coefficient (Wildman–Crippen LogP) is 17.5. The van der Waals surface area contributed by atoms with Gasteiger partial charge in [-0.15, -0.1) is 11.3 Å². The van der Waals surface area contributed by atoms with Gasteiger partial charge in [-0.05, 0) is 87.8 Å². The highest BCUT2D eigenvalue weighted by Gasteiger charge is 2.24. The van der Waals surface area contributed by atoms with Crippen molar-refractivity contribution in [2.75, 3.05) is 4.90 Å². The van der Waals surface area contributed by atoms with Crippen LogP contribution in [0.3, 0.4) is 0 Å². The molecule has 0 aliphatic rings. The van der Waals surface area contributed by atoms with Crippen LogP contribution in [-0.2, 0) is 0 Å². The zero-order valence-corrected chi connectivity index (χ0v) is 34.2. The lowest BCUT2D eigenvalue weighted by atomic mass is 9.97. The van der Waals surface area contributed by atoms with Crippen molar-refractivity contribution in [2.24, 2.45) is 0 Å². The summed E-state index contributed by atoms with van der Waals surface area (Å²) in [6.45, 7) is 0. The first-order valence-corrected chi connectivity index (χ1v) is 21.8. The Balaban J connectivity index is 1.07. The molecule has 62 heavy (non-hydrogen) atoms. The van der Waals surface area contributed by atoms with Gasteiger partial charge in [0.1, 0.15) is 22.3 Å². The second-order valence-electron chi connectivity index (χ2n) is 16.0. The number of thiophene rings is 1. The molecule has 0 fully saturated rings. The van der Waals surface area contributed by atoms with Crippen molar-refractivity contribution in [1.82, 2.24) is 0 Å². The second kappa shape index (κ2) is 13.8. The Bertz CT molecular complexity index is 3860. The number of furan rings is 2. The molecule has 0 saturated carbocycles. The molecule has 3 heterocycles. The van der Waals surface area contributed by atoms with E-state index in [4.69, 9.17) is 8.83 Å². The minimum absolute atomic E-state index is 0.816. The molecule has 10 aromatic carbocycles. The molecular formula is C58H35NO2S. The molecule has 3 aromatic heterocycles. The predicted molar refractivity (Wildman–Crippen MR) is 262 cm³/mol. The number of hydrogen-bond donors (Lipinski definition) is 0. The molecule has 3 nitrogen and oxygen atoms in total. The molecule has 0 saturated heterocycles. The minimum atomic E-state index is 0.816. The van der Waals surface area contributed by atoms with Crippen LogP contribution >= 0.6 is 11.3 Å². The average Bonchev–Trinajstić information content (AvgIpc) is 4.04. The van der Waals surface area contributed by atoms with Crippen LogP contribution in [0, 0.1) is 0 Å². The fraction of sp³-hybridized carbons (Fsp3) is 0. The first-order chi connectivity index (χ1) is 30.7. The molecule has 0 unspecified atom stereocenters. The third-order valence-electron chi connectivity index (χ3n) is 12.5. The lowest BCUT2D eigenvalue weighted by molar-refractivity contribution is 0.669. The molecular weight excluding hydrogens is 775 g/mol. The van der Waals surface area contributed by atoms with Crippen molar-refractivity contribution in [3.05, 3.63) is 212 Å². The van der Waals surface area contributed by atoms with Gasteiger partial charge in [0.05, 0.1) is 11.1 Å². The molecule has 0 N–H and O–H groups in total. The summed E-state index contributed by atoms with van der Waals surface area (Å²) in [6.07, 6.45) is 0. The number of hydrogen-bond acceptors (Lipinski definition) is 4. The highest BCUT2D eigenvalue weighted by molar-refractivity contribution is 7.26. The Kier molecular flexibility index (Phi) is 7.78. The van der Waals surface area contributed by atoms with Gasteiger partial charge >= 0.3 is 0 Å². The summed E-state index contributed by atoms with van der Waals surface area (Å²) in [5, 5.41) is 9.15. The smallest absolute Gasteiger partial charge is 0.143 e. The fourth-order valence-electron chi connectivity index (χ4n) is 9.54. The van der Waals surface area contributed by atoms with E-state index in [2.05, 4.69) is 205 Å². The van der Waals surface area contributed by atoms with Crippen molar-refractivity contribution in [2.45, 2.75) is 0 Å². The molecule has 0 bridgehead atoms. The summed E-state index contributed by atoms with van der Waals surface area (Å²) in [6, 6.07) is 76.1. The maximum absolute atomic E-state index is 7.03. The normalized spacial score (nSPS) is 11.9. The minimum Gasteiger partial charge on any atom is -0.455 e. The summed E-state index contributed by atoms with van der Waals surface area (Å²) < 4.78 is 16.3. The molecule has 0 amide bonds. The molecule has 13 rings (SSSR count). The van der Waals surface area contributed by atoms with Gasteiger partial charge in [-0.3, -0.25) is 0 Å². The summed E-state index contributed by atoms with van der Waals surface area (Å²) in [7, 11) is 0. The second-order valence-corrected chi connectivity index (χ2v) is 17.0. The third-order valence-corrected chi connectivity index (χ3v) is 13.7. The van der Waals surface area contributed by atoms with Crippen molar-refractivity contribution < 1.29 is 8.83 Å². The maximum atomic E-state index is 7.03. The van der Waals surface area contributed by atoms with Gasteiger partial charge in [-0.2, -0.15) is 0 Å². The standard InChI is InChI=1S/C58H35NO2S/c1-2-12-36(13-3-1)37-24-29-41(30-25-37)59(42-31-26-39(27-32-42)45-19-11-21-49-47-17-7-9-23-54(47)62-58(45)49)51-34-40(44-18-10-20-48-46-16-6-8-22-52(46)60-56(44)48)35-53-55(51)50-33-28-38-14-4-5-15-43(38)57(50)61-53/h1-35H. The Labute approximate surface area is 360 Å². The third kappa shape index (κ3) is 5.44. The van der Waals surface area contributed by atoms with Crippen LogP contribution in [-0.4, -0.2) is 0 Å². The van der Waals surface area contributed by atoms with Crippen LogP contribution in [0.25, 0.3) is 108 Å². The Hall–Kier alpha value is -7.92. The van der Waals surface area contributed by atoms with Crippen molar-refractivity contribution in [1.29, 1.82) is 0 Å². The SMILES string of the molecule is c1ccc(-c2ccc(N(c3ccc(-c4cccc5c4sc4ccccc45)cc3)c3cc(-c4cccc5c4oc4ccccc45)cc4oc5c6ccccc6ccc5c34)cc2)cc1. The highest BCUT2D eigenvalue weighted by atomic mass is 32.1. The topological polar surface area (TPSA) is 29.5 Å². The van der Waals surface area contributed by atoms with Crippen molar-refractivity contribution in [3.63, 3.8) is 0 Å². The molecule has 0 aliphatic heterocycles. The molecule has 290 valence electrons. The molecule has 13 aromatic rings. The van der Waals surface area contributed by atoms with Gasteiger partial charge in [0.25, 0.3) is 0 Å². The van der Waals surface area contributed by atoms with Crippen molar-refractivity contribution in [3.8, 4) is 33.4 Å². The Morgan fingerprint density at radius 3 is 1.81 bits per heavy atom. The fourth-order valence-corrected chi connectivity index (χ4v) is 10.8. The lowest BCUT2D eigenvalue weighted by Gasteiger charge is -2.27. The van der Waals surface area contributed by atoms with Crippen LogP contribution in [0.4, 0.5) is 17.1 Å². The van der Waals surface area contributed by atoms with E-state index in [9.17, 15) is 0 Å². The van der Waals surface area contributed by atoms with Crippen LogP contribution in [0.5, 0.6) is 0 Å². The lowest BCUT2D eigenvalue weighted by Crippen LogP contribution is -2.10. The van der Waals surface area contributed by atoms with Crippen LogP contribution in [0.2, 0.25) is 0 Å². The van der Waals surface area contributed by atoms with E-state index in [0.717, 1.165) is 88.4 Å². The number of para-hydroxylation sites is 2. The summed E-state index contributed by atoms with van der Waals surface area (Å²) in [5.41, 5.74) is 13.3. The largest absolute Gasteiger partial charge is 0.455 e. The van der Waals surface area contributed by atoms with Gasteiger partial charge in [0, 0.05) is 58.7 Å². The Morgan fingerprint density at radius 2 is 0.984 bits per heavy atom. The summed E-state index contributed by atoms with van der Waals surface area (Å²) in [5.74, 6) is 0. The summed E-state index contributed by atoms with van der Waals surface area (Å²) in [4.78, 5) is 2.40. The summed E-state index contributed by atoms with van der Waals surface area (Å²) >= 11 is 1.86. The number of anilines is 3. The van der Waals surface area contributed by atoms with E-state index in [1.54, 1.807) is 0 Å². The van der Waals surface area contributed by atoms with Gasteiger partial charge in [0.15, 0.2) is 0 Å². The highest BCUT2D eigenvalue weighted by Crippen LogP contribution is 2.48. The van der Waals surface area contributed by atoms with E-state index in [1.165, 1.54) is 36.9 Å². The molecule has 0 spiro atoms. The Morgan fingerprint density at radius 1 is 0.355 bits per heavy atom. The van der Waals surface area contributed by atoms with E-state index < -0.39 is 0 Å². The van der Waals surface area contributed by atoms with Crippen LogP contribution in [0.15, 0.2) is 221 Å². The van der Waals surface area contributed by atoms with Crippen LogP contribution in [0.1, 0.15) is 0 Å². The molecule has 4 heteroatoms. The van der Waals surface area contributed by atoms with Crippen molar-refractivity contribution >= 4 is 103 Å². The number of fused-ring (bicyclic) bond motifs is 11. The first-order valence-electron chi connectivity index (χ1n) is 21.0. The first kappa shape index (κ1) is 34.9. The molecule has 0 aliphatic carbocycles. The monoisotopic (exact) mass is 809 g/mol. The van der Waals surface area contributed by atoms with Gasteiger partial charge in [-0.25, -0.2) is 0 Å². The van der Waals surface area contributed by atoms with Gasteiger partial charge < -0.3 is 13.7 Å². The molecule has 0 radical (unpaired) electrons. The average molecular weight is 810 g/mol. The van der Waals surface area contributed by atoms with E-state index in [1.807, 2.05) is 23.5 Å².